The van der Waals surface area contributed by atoms with Crippen LogP contribution in [0.25, 0.3) is 0 Å². The lowest BCUT2D eigenvalue weighted by Crippen LogP contribution is -2.64. The standard InChI is InChI=1S/C15H24N2O8/c1-8(19)16-12-9(17-2-4-24-5-3-17)6-11(15(22)23)25-14(12)13(21)10(20)7-18/h6,9-10,12-14,18,20-21H,2-5,7H2,1H3,(H,16,19)(H,22,23)/t9-,10+,12+,13+,14+/m0/s1. The van der Waals surface area contributed by atoms with Gasteiger partial charge in [-0.15, -0.1) is 0 Å². The Hall–Kier alpha value is -1.72. The molecule has 0 aliphatic carbocycles. The fourth-order valence-corrected chi connectivity index (χ4v) is 3.05. The highest BCUT2D eigenvalue weighted by Gasteiger charge is 2.45. The first kappa shape index (κ1) is 19.6. The summed E-state index contributed by atoms with van der Waals surface area (Å²) in [6.45, 7) is 2.48. The highest BCUT2D eigenvalue weighted by atomic mass is 16.5. The van der Waals surface area contributed by atoms with Crippen molar-refractivity contribution in [1.82, 2.24) is 10.2 Å². The average Bonchev–Trinajstić information content (AvgIpc) is 2.60. The van der Waals surface area contributed by atoms with Gasteiger partial charge in [0.2, 0.25) is 11.7 Å². The van der Waals surface area contributed by atoms with Crippen molar-refractivity contribution in [1.29, 1.82) is 0 Å². The average molecular weight is 360 g/mol. The summed E-state index contributed by atoms with van der Waals surface area (Å²) in [6, 6.07) is -1.38. The van der Waals surface area contributed by atoms with Gasteiger partial charge in [0.25, 0.3) is 0 Å². The van der Waals surface area contributed by atoms with Gasteiger partial charge in [0.1, 0.15) is 18.3 Å². The van der Waals surface area contributed by atoms with E-state index in [1.807, 2.05) is 4.90 Å². The minimum absolute atomic E-state index is 0.382. The Labute approximate surface area is 144 Å². The number of nitrogens with zero attached hydrogens (tertiary/aromatic N) is 1. The molecule has 2 rings (SSSR count). The van der Waals surface area contributed by atoms with Gasteiger partial charge < -0.3 is 35.2 Å². The van der Waals surface area contributed by atoms with Gasteiger partial charge in [0.05, 0.1) is 31.9 Å². The molecule has 0 saturated carbocycles. The van der Waals surface area contributed by atoms with Crippen LogP contribution in [0.4, 0.5) is 0 Å². The van der Waals surface area contributed by atoms with Crippen LogP contribution in [0.3, 0.4) is 0 Å². The summed E-state index contributed by atoms with van der Waals surface area (Å²) in [5.74, 6) is -2.10. The first-order valence-corrected chi connectivity index (χ1v) is 8.02. The number of carbonyl (C=O) groups is 2. The minimum Gasteiger partial charge on any atom is -0.478 e. The molecule has 0 aromatic carbocycles. The molecule has 0 spiro atoms. The van der Waals surface area contributed by atoms with E-state index in [0.29, 0.717) is 26.3 Å². The third-order valence-electron chi connectivity index (χ3n) is 4.27. The molecular weight excluding hydrogens is 336 g/mol. The molecule has 2 aliphatic heterocycles. The maximum absolute atomic E-state index is 11.6. The molecule has 10 heteroatoms. The van der Waals surface area contributed by atoms with Gasteiger partial charge in [0.15, 0.2) is 0 Å². The summed E-state index contributed by atoms with van der Waals surface area (Å²) >= 11 is 0. The van der Waals surface area contributed by atoms with E-state index < -0.39 is 48.9 Å². The lowest BCUT2D eigenvalue weighted by atomic mass is 9.91. The Morgan fingerprint density at radius 1 is 1.36 bits per heavy atom. The first-order chi connectivity index (χ1) is 11.8. The minimum atomic E-state index is -1.59. The van der Waals surface area contributed by atoms with E-state index in [0.717, 1.165) is 0 Å². The Bertz CT molecular complexity index is 520. The molecule has 25 heavy (non-hydrogen) atoms. The number of rotatable bonds is 6. The van der Waals surface area contributed by atoms with E-state index in [2.05, 4.69) is 5.32 Å². The van der Waals surface area contributed by atoms with E-state index in [9.17, 15) is 24.9 Å². The number of morpholine rings is 1. The largest absolute Gasteiger partial charge is 0.478 e. The molecule has 2 aliphatic rings. The second-order valence-corrected chi connectivity index (χ2v) is 6.02. The molecule has 5 N–H and O–H groups in total. The molecule has 0 unspecified atom stereocenters. The van der Waals surface area contributed by atoms with Crippen LogP contribution < -0.4 is 5.32 Å². The summed E-state index contributed by atoms with van der Waals surface area (Å²) in [7, 11) is 0. The second kappa shape index (κ2) is 8.59. The number of carboxylic acid groups (broad SMARTS) is 1. The Kier molecular flexibility index (Phi) is 6.73. The van der Waals surface area contributed by atoms with Gasteiger partial charge in [0, 0.05) is 20.0 Å². The van der Waals surface area contributed by atoms with Gasteiger partial charge in [-0.2, -0.15) is 0 Å². The van der Waals surface area contributed by atoms with Crippen LogP contribution >= 0.6 is 0 Å². The van der Waals surface area contributed by atoms with E-state index in [1.165, 1.54) is 13.0 Å². The molecule has 0 aromatic rings. The number of amides is 1. The van der Waals surface area contributed by atoms with Crippen molar-refractivity contribution in [3.05, 3.63) is 11.8 Å². The fraction of sp³-hybridized carbons (Fsp3) is 0.733. The summed E-state index contributed by atoms with van der Waals surface area (Å²) in [5.41, 5.74) is 0. The summed E-state index contributed by atoms with van der Waals surface area (Å²) < 4.78 is 10.6. The highest BCUT2D eigenvalue weighted by Crippen LogP contribution is 2.26. The number of carboxylic acids is 1. The number of hydrogen-bond acceptors (Lipinski definition) is 8. The zero-order valence-corrected chi connectivity index (χ0v) is 13.9. The van der Waals surface area contributed by atoms with Crippen molar-refractivity contribution in [3.8, 4) is 0 Å². The molecule has 1 amide bonds. The fourth-order valence-electron chi connectivity index (χ4n) is 3.05. The summed E-state index contributed by atoms with van der Waals surface area (Å²) in [5, 5.41) is 41.1. The number of hydrogen-bond donors (Lipinski definition) is 5. The molecular formula is C15H24N2O8. The quantitative estimate of drug-likeness (QED) is 0.340. The number of aliphatic hydroxyl groups excluding tert-OH is 3. The van der Waals surface area contributed by atoms with Crippen molar-refractivity contribution in [3.63, 3.8) is 0 Å². The topological polar surface area (TPSA) is 149 Å². The van der Waals surface area contributed by atoms with Crippen molar-refractivity contribution < 1.29 is 39.5 Å². The van der Waals surface area contributed by atoms with Crippen LogP contribution in [-0.4, -0.2) is 101 Å². The third-order valence-corrected chi connectivity index (χ3v) is 4.27. The van der Waals surface area contributed by atoms with Crippen molar-refractivity contribution in [2.24, 2.45) is 0 Å². The summed E-state index contributed by atoms with van der Waals surface area (Å²) in [6.07, 6.45) is -2.99. The lowest BCUT2D eigenvalue weighted by molar-refractivity contribution is -0.148. The van der Waals surface area contributed by atoms with Crippen molar-refractivity contribution in [2.75, 3.05) is 32.9 Å². The monoisotopic (exact) mass is 360 g/mol. The summed E-state index contributed by atoms with van der Waals surface area (Å²) in [4.78, 5) is 24.9. The van der Waals surface area contributed by atoms with E-state index in [-0.39, 0.29) is 5.76 Å². The van der Waals surface area contributed by atoms with Gasteiger partial charge in [-0.05, 0) is 6.08 Å². The SMILES string of the molecule is CC(=O)N[C@H]1[C@H]([C@H](O)[C@H](O)CO)OC(C(=O)O)=C[C@@H]1N1CCOCC1. The smallest absolute Gasteiger partial charge is 0.370 e. The number of nitrogens with one attached hydrogen (secondary N) is 1. The molecule has 0 aromatic heterocycles. The zero-order valence-electron chi connectivity index (χ0n) is 13.9. The molecule has 5 atom stereocenters. The highest BCUT2D eigenvalue weighted by molar-refractivity contribution is 5.84. The van der Waals surface area contributed by atoms with Crippen LogP contribution in [0.2, 0.25) is 0 Å². The predicted molar refractivity (Wildman–Crippen MR) is 83.5 cm³/mol. The van der Waals surface area contributed by atoms with Crippen molar-refractivity contribution >= 4 is 11.9 Å². The molecule has 0 radical (unpaired) electrons. The molecule has 1 fully saturated rings. The number of aliphatic carboxylic acids is 1. The molecule has 10 nitrogen and oxygen atoms in total. The van der Waals surface area contributed by atoms with E-state index in [4.69, 9.17) is 14.6 Å². The number of carbonyl (C=O) groups excluding carboxylic acids is 1. The zero-order chi connectivity index (χ0) is 18.6. The molecule has 2 heterocycles. The number of aliphatic hydroxyl groups is 3. The molecule has 142 valence electrons. The Morgan fingerprint density at radius 3 is 2.52 bits per heavy atom. The van der Waals surface area contributed by atoms with Crippen LogP contribution in [0.5, 0.6) is 0 Å². The van der Waals surface area contributed by atoms with Crippen LogP contribution in [0, 0.1) is 0 Å². The van der Waals surface area contributed by atoms with E-state index in [1.54, 1.807) is 0 Å². The van der Waals surface area contributed by atoms with Gasteiger partial charge >= 0.3 is 5.97 Å². The predicted octanol–water partition coefficient (Wildman–Crippen LogP) is -2.73. The van der Waals surface area contributed by atoms with Crippen molar-refractivity contribution in [2.45, 2.75) is 37.3 Å². The first-order valence-electron chi connectivity index (χ1n) is 8.02. The van der Waals surface area contributed by atoms with Crippen LogP contribution in [-0.2, 0) is 19.1 Å². The second-order valence-electron chi connectivity index (χ2n) is 6.02. The van der Waals surface area contributed by atoms with Gasteiger partial charge in [-0.3, -0.25) is 9.69 Å². The Morgan fingerprint density at radius 2 is 2.00 bits per heavy atom. The lowest BCUT2D eigenvalue weighted by Gasteiger charge is -2.44. The third kappa shape index (κ3) is 4.67. The normalized spacial score (nSPS) is 29.9. The van der Waals surface area contributed by atoms with Gasteiger partial charge in [-0.1, -0.05) is 0 Å². The van der Waals surface area contributed by atoms with E-state index >= 15 is 0 Å². The maximum Gasteiger partial charge on any atom is 0.370 e. The Balaban J connectivity index is 2.37. The number of ether oxygens (including phenoxy) is 2. The van der Waals surface area contributed by atoms with Crippen LogP contribution in [0.15, 0.2) is 11.8 Å². The molecule has 1 saturated heterocycles. The van der Waals surface area contributed by atoms with Gasteiger partial charge in [-0.25, -0.2) is 4.79 Å². The van der Waals surface area contributed by atoms with Crippen LogP contribution in [0.1, 0.15) is 6.92 Å². The molecule has 0 bridgehead atoms. The maximum atomic E-state index is 11.6.